The number of carbonyl (C=O) groups excluding carboxylic acids is 1. The van der Waals surface area contributed by atoms with Crippen LogP contribution in [0.3, 0.4) is 0 Å². The topological polar surface area (TPSA) is 113 Å². The van der Waals surface area contributed by atoms with Crippen molar-refractivity contribution in [3.05, 3.63) is 27.2 Å². The molecule has 0 aliphatic carbocycles. The quantitative estimate of drug-likeness (QED) is 0.640. The molecule has 6 nitrogen and oxygen atoms in total. The summed E-state index contributed by atoms with van der Waals surface area (Å²) < 4.78 is 0.312. The third-order valence-electron chi connectivity index (χ3n) is 2.33. The van der Waals surface area contributed by atoms with E-state index in [1.54, 1.807) is 0 Å². The van der Waals surface area contributed by atoms with Crippen LogP contribution in [-0.4, -0.2) is 28.6 Å². The Morgan fingerprint density at radius 1 is 1.47 bits per heavy atom. The first-order valence-electron chi connectivity index (χ1n) is 5.24. The van der Waals surface area contributed by atoms with E-state index in [9.17, 15) is 14.7 Å². The molecule has 0 saturated carbocycles. The first-order valence-corrected chi connectivity index (χ1v) is 6.41. The predicted octanol–water partition coefficient (Wildman–Crippen LogP) is 1.40. The fourth-order valence-electron chi connectivity index (χ4n) is 1.52. The Labute approximate surface area is 122 Å². The van der Waals surface area contributed by atoms with Gasteiger partial charge in [-0.05, 0) is 28.1 Å². The fraction of sp³-hybridized carbons (Fsp3) is 0.273. The molecule has 0 heterocycles. The van der Waals surface area contributed by atoms with Gasteiger partial charge in [0.15, 0.2) is 0 Å². The van der Waals surface area contributed by atoms with Crippen LogP contribution < -0.4 is 11.1 Å². The van der Waals surface area contributed by atoms with Gasteiger partial charge in [0.2, 0.25) is 5.91 Å². The fourth-order valence-corrected chi connectivity index (χ4v) is 2.35. The molecule has 0 aliphatic rings. The van der Waals surface area contributed by atoms with Gasteiger partial charge in [0.1, 0.15) is 5.75 Å². The van der Waals surface area contributed by atoms with Crippen molar-refractivity contribution in [2.75, 3.05) is 6.54 Å². The summed E-state index contributed by atoms with van der Waals surface area (Å²) in [4.78, 5) is 22.1. The molecule has 0 fully saturated rings. The lowest BCUT2D eigenvalue weighted by atomic mass is 10.0. The highest BCUT2D eigenvalue weighted by Gasteiger charge is 2.22. The van der Waals surface area contributed by atoms with Gasteiger partial charge < -0.3 is 21.3 Å². The second-order valence-corrected chi connectivity index (χ2v) is 5.04. The number of phenols is 1. The summed E-state index contributed by atoms with van der Waals surface area (Å²) in [5, 5.41) is 21.5. The third kappa shape index (κ3) is 4.38. The molecule has 0 bridgehead atoms. The SMILES string of the molecule is NCC(=O)N[C@H](CC(=O)O)c1cc(Cl)cc(Br)c1O. The Kier molecular flexibility index (Phi) is 5.59. The van der Waals surface area contributed by atoms with Gasteiger partial charge in [-0.2, -0.15) is 0 Å². The zero-order valence-electron chi connectivity index (χ0n) is 9.69. The summed E-state index contributed by atoms with van der Waals surface area (Å²) in [5.41, 5.74) is 5.38. The molecule has 1 aromatic rings. The maximum Gasteiger partial charge on any atom is 0.305 e. The lowest BCUT2D eigenvalue weighted by Gasteiger charge is -2.19. The van der Waals surface area contributed by atoms with Crippen molar-refractivity contribution >= 4 is 39.4 Å². The molecule has 1 aromatic carbocycles. The average molecular weight is 352 g/mol. The second kappa shape index (κ2) is 6.74. The van der Waals surface area contributed by atoms with E-state index >= 15 is 0 Å². The number of phenolic OH excluding ortho intramolecular Hbond substituents is 1. The van der Waals surface area contributed by atoms with Crippen LogP contribution in [0.5, 0.6) is 5.75 Å². The lowest BCUT2D eigenvalue weighted by Crippen LogP contribution is -2.34. The standard InChI is InChI=1S/C11H12BrClN2O4/c12-7-2-5(13)1-6(11(7)19)8(3-10(17)18)15-9(16)4-14/h1-2,8,19H,3-4,14H2,(H,15,16)(H,17,18)/t8-/m1/s1. The number of hydrogen-bond acceptors (Lipinski definition) is 4. The Morgan fingerprint density at radius 3 is 2.63 bits per heavy atom. The summed E-state index contributed by atoms with van der Waals surface area (Å²) >= 11 is 8.94. The molecule has 1 amide bonds. The highest BCUT2D eigenvalue weighted by molar-refractivity contribution is 9.10. The maximum absolute atomic E-state index is 11.3. The summed E-state index contributed by atoms with van der Waals surface area (Å²) in [6.45, 7) is -0.279. The molecule has 0 radical (unpaired) electrons. The van der Waals surface area contributed by atoms with Crippen LogP contribution in [0, 0.1) is 0 Å². The van der Waals surface area contributed by atoms with Crippen molar-refractivity contribution in [3.63, 3.8) is 0 Å². The predicted molar refractivity (Wildman–Crippen MR) is 73.0 cm³/mol. The van der Waals surface area contributed by atoms with Crippen molar-refractivity contribution in [2.45, 2.75) is 12.5 Å². The normalized spacial score (nSPS) is 11.9. The number of nitrogens with one attached hydrogen (secondary N) is 1. The monoisotopic (exact) mass is 350 g/mol. The second-order valence-electron chi connectivity index (χ2n) is 3.75. The van der Waals surface area contributed by atoms with E-state index in [0.29, 0.717) is 9.50 Å². The van der Waals surface area contributed by atoms with Crippen LogP contribution in [0.1, 0.15) is 18.0 Å². The van der Waals surface area contributed by atoms with E-state index in [4.69, 9.17) is 22.4 Å². The van der Waals surface area contributed by atoms with E-state index in [2.05, 4.69) is 21.2 Å². The van der Waals surface area contributed by atoms with Crippen molar-refractivity contribution < 1.29 is 19.8 Å². The van der Waals surface area contributed by atoms with E-state index in [1.165, 1.54) is 12.1 Å². The van der Waals surface area contributed by atoms with Gasteiger partial charge >= 0.3 is 5.97 Å². The molecule has 1 atom stereocenters. The summed E-state index contributed by atoms with van der Waals surface area (Å²) in [6, 6.07) is 1.94. The summed E-state index contributed by atoms with van der Waals surface area (Å²) in [7, 11) is 0. The molecule has 0 spiro atoms. The summed E-state index contributed by atoms with van der Waals surface area (Å²) in [5.74, 6) is -1.83. The van der Waals surface area contributed by atoms with Crippen molar-refractivity contribution in [3.8, 4) is 5.75 Å². The molecule has 0 aromatic heterocycles. The molecule has 1 rings (SSSR count). The van der Waals surface area contributed by atoms with Crippen molar-refractivity contribution in [2.24, 2.45) is 5.73 Å². The molecule has 5 N–H and O–H groups in total. The Morgan fingerprint density at radius 2 is 2.11 bits per heavy atom. The smallest absolute Gasteiger partial charge is 0.305 e. The highest BCUT2D eigenvalue weighted by Crippen LogP contribution is 2.36. The Bertz CT molecular complexity index is 510. The minimum atomic E-state index is -1.13. The van der Waals surface area contributed by atoms with E-state index in [-0.39, 0.29) is 17.9 Å². The van der Waals surface area contributed by atoms with Crippen LogP contribution >= 0.6 is 27.5 Å². The third-order valence-corrected chi connectivity index (χ3v) is 3.16. The van der Waals surface area contributed by atoms with Gasteiger partial charge in [-0.1, -0.05) is 11.6 Å². The minimum Gasteiger partial charge on any atom is -0.506 e. The number of amides is 1. The first-order chi connectivity index (χ1) is 8.85. The van der Waals surface area contributed by atoms with Gasteiger partial charge in [-0.3, -0.25) is 9.59 Å². The van der Waals surface area contributed by atoms with Crippen LogP contribution in [0.15, 0.2) is 16.6 Å². The van der Waals surface area contributed by atoms with Crippen LogP contribution in [0.4, 0.5) is 0 Å². The minimum absolute atomic E-state index is 0.173. The van der Waals surface area contributed by atoms with Crippen LogP contribution in [0.25, 0.3) is 0 Å². The van der Waals surface area contributed by atoms with Gasteiger partial charge in [0, 0.05) is 10.6 Å². The largest absolute Gasteiger partial charge is 0.506 e. The van der Waals surface area contributed by atoms with E-state index < -0.39 is 24.3 Å². The Balaban J connectivity index is 3.16. The maximum atomic E-state index is 11.3. The average Bonchev–Trinajstić information content (AvgIpc) is 2.32. The molecule has 0 unspecified atom stereocenters. The number of aromatic hydroxyl groups is 1. The lowest BCUT2D eigenvalue weighted by molar-refractivity contribution is -0.137. The van der Waals surface area contributed by atoms with Crippen molar-refractivity contribution in [1.82, 2.24) is 5.32 Å². The molecule has 0 saturated heterocycles. The zero-order chi connectivity index (χ0) is 14.6. The van der Waals surface area contributed by atoms with Gasteiger partial charge in [0.05, 0.1) is 23.5 Å². The number of halogens is 2. The van der Waals surface area contributed by atoms with Crippen LogP contribution in [0.2, 0.25) is 5.02 Å². The molecular formula is C11H12BrClN2O4. The highest BCUT2D eigenvalue weighted by atomic mass is 79.9. The van der Waals surface area contributed by atoms with E-state index in [1.807, 2.05) is 0 Å². The van der Waals surface area contributed by atoms with Gasteiger partial charge in [-0.25, -0.2) is 0 Å². The number of carbonyl (C=O) groups is 2. The zero-order valence-corrected chi connectivity index (χ0v) is 12.0. The molecule has 8 heteroatoms. The number of hydrogen-bond donors (Lipinski definition) is 4. The first kappa shape index (κ1) is 15.7. The van der Waals surface area contributed by atoms with Gasteiger partial charge in [0.25, 0.3) is 0 Å². The molecular weight excluding hydrogens is 339 g/mol. The molecule has 104 valence electrons. The molecule has 0 aliphatic heterocycles. The number of rotatable bonds is 5. The number of nitrogens with two attached hydrogens (primary N) is 1. The number of benzene rings is 1. The number of carboxylic acid groups (broad SMARTS) is 1. The summed E-state index contributed by atoms with van der Waals surface area (Å²) in [6.07, 6.45) is -0.397. The van der Waals surface area contributed by atoms with Gasteiger partial charge in [-0.15, -0.1) is 0 Å². The number of aliphatic carboxylic acids is 1. The van der Waals surface area contributed by atoms with E-state index in [0.717, 1.165) is 0 Å². The molecule has 19 heavy (non-hydrogen) atoms. The Hall–Kier alpha value is -1.31. The van der Waals surface area contributed by atoms with Crippen LogP contribution in [-0.2, 0) is 9.59 Å². The number of carboxylic acids is 1. The van der Waals surface area contributed by atoms with Crippen molar-refractivity contribution in [1.29, 1.82) is 0 Å².